The number of piperidine rings is 1. The second-order valence-electron chi connectivity index (χ2n) is 5.94. The zero-order valence-electron chi connectivity index (χ0n) is 11.9. The van der Waals surface area contributed by atoms with E-state index in [0.29, 0.717) is 0 Å². The lowest BCUT2D eigenvalue weighted by atomic mass is 10.1. The van der Waals surface area contributed by atoms with Gasteiger partial charge in [-0.15, -0.1) is 0 Å². The molecule has 0 amide bonds. The minimum atomic E-state index is -0.115. The van der Waals surface area contributed by atoms with Gasteiger partial charge in [-0.25, -0.2) is 0 Å². The van der Waals surface area contributed by atoms with E-state index in [1.165, 1.54) is 24.1 Å². The Kier molecular flexibility index (Phi) is 4.49. The Morgan fingerprint density at radius 1 is 1.10 bits per heavy atom. The fraction of sp³-hybridized carbons (Fsp3) is 0.625. The van der Waals surface area contributed by atoms with E-state index in [9.17, 15) is 5.11 Å². The standard InChI is InChI=1S/C16H23ClN2O/c17-15-4-3-5-16(19-8-1-2-9-19)14(15)12-18-10-6-13(20)7-11-18/h3-5,13,20H,1-2,6-12H2. The molecule has 110 valence electrons. The average Bonchev–Trinajstić information content (AvgIpc) is 2.97. The maximum Gasteiger partial charge on any atom is 0.0564 e. The summed E-state index contributed by atoms with van der Waals surface area (Å²) in [5, 5.41) is 10.5. The van der Waals surface area contributed by atoms with Crippen molar-refractivity contribution < 1.29 is 5.11 Å². The van der Waals surface area contributed by atoms with Gasteiger partial charge in [0.05, 0.1) is 6.10 Å². The van der Waals surface area contributed by atoms with Crippen molar-refractivity contribution >= 4 is 17.3 Å². The molecule has 0 saturated carbocycles. The minimum Gasteiger partial charge on any atom is -0.393 e. The molecule has 1 N–H and O–H groups in total. The molecule has 1 aromatic carbocycles. The molecular weight excluding hydrogens is 272 g/mol. The Bertz CT molecular complexity index is 452. The molecule has 1 aromatic rings. The summed E-state index contributed by atoms with van der Waals surface area (Å²) in [5.74, 6) is 0. The summed E-state index contributed by atoms with van der Waals surface area (Å²) in [7, 11) is 0. The fourth-order valence-corrected chi connectivity index (χ4v) is 3.49. The molecule has 3 rings (SSSR count). The summed E-state index contributed by atoms with van der Waals surface area (Å²) < 4.78 is 0. The van der Waals surface area contributed by atoms with Gasteiger partial charge in [0, 0.05) is 49.0 Å². The molecule has 0 unspecified atom stereocenters. The van der Waals surface area contributed by atoms with Gasteiger partial charge in [-0.1, -0.05) is 17.7 Å². The van der Waals surface area contributed by atoms with Gasteiger partial charge in [-0.05, 0) is 37.8 Å². The SMILES string of the molecule is OC1CCN(Cc2c(Cl)cccc2N2CCCC2)CC1. The normalized spacial score (nSPS) is 21.6. The number of hydrogen-bond donors (Lipinski definition) is 1. The third kappa shape index (κ3) is 3.11. The molecule has 0 aliphatic carbocycles. The first kappa shape index (κ1) is 14.2. The topological polar surface area (TPSA) is 26.7 Å². The average molecular weight is 295 g/mol. The van der Waals surface area contributed by atoms with Crippen molar-refractivity contribution in [2.45, 2.75) is 38.3 Å². The molecule has 4 heteroatoms. The van der Waals surface area contributed by atoms with Gasteiger partial charge in [0.1, 0.15) is 0 Å². The number of likely N-dealkylation sites (tertiary alicyclic amines) is 1. The van der Waals surface area contributed by atoms with E-state index in [1.54, 1.807) is 0 Å². The van der Waals surface area contributed by atoms with Crippen molar-refractivity contribution in [1.82, 2.24) is 4.90 Å². The van der Waals surface area contributed by atoms with Gasteiger partial charge < -0.3 is 10.0 Å². The lowest BCUT2D eigenvalue weighted by Gasteiger charge is -2.31. The van der Waals surface area contributed by atoms with Crippen LogP contribution in [0.3, 0.4) is 0 Å². The third-order valence-electron chi connectivity index (χ3n) is 4.48. The minimum absolute atomic E-state index is 0.115. The number of rotatable bonds is 3. The highest BCUT2D eigenvalue weighted by atomic mass is 35.5. The quantitative estimate of drug-likeness (QED) is 0.928. The summed E-state index contributed by atoms with van der Waals surface area (Å²) in [6.07, 6.45) is 4.20. The van der Waals surface area contributed by atoms with Crippen LogP contribution >= 0.6 is 11.6 Å². The van der Waals surface area contributed by atoms with Crippen LogP contribution in [0.4, 0.5) is 5.69 Å². The van der Waals surface area contributed by atoms with Crippen LogP contribution in [0.2, 0.25) is 5.02 Å². The van der Waals surface area contributed by atoms with E-state index in [4.69, 9.17) is 11.6 Å². The third-order valence-corrected chi connectivity index (χ3v) is 4.83. The molecular formula is C16H23ClN2O. The Morgan fingerprint density at radius 2 is 1.80 bits per heavy atom. The van der Waals surface area contributed by atoms with Crippen LogP contribution in [0.15, 0.2) is 18.2 Å². The van der Waals surface area contributed by atoms with E-state index in [-0.39, 0.29) is 6.10 Å². The number of benzene rings is 1. The zero-order valence-corrected chi connectivity index (χ0v) is 12.6. The molecule has 2 saturated heterocycles. The second kappa shape index (κ2) is 6.33. The molecule has 0 spiro atoms. The summed E-state index contributed by atoms with van der Waals surface area (Å²) in [4.78, 5) is 4.87. The summed E-state index contributed by atoms with van der Waals surface area (Å²) in [6, 6.07) is 6.25. The molecule has 0 atom stereocenters. The summed E-state index contributed by atoms with van der Waals surface area (Å²) in [5.41, 5.74) is 2.56. The summed E-state index contributed by atoms with van der Waals surface area (Å²) in [6.45, 7) is 5.12. The van der Waals surface area contributed by atoms with Gasteiger partial charge in [0.25, 0.3) is 0 Å². The van der Waals surface area contributed by atoms with Crippen molar-refractivity contribution in [3.63, 3.8) is 0 Å². The highest BCUT2D eigenvalue weighted by Crippen LogP contribution is 2.31. The molecule has 2 heterocycles. The Hall–Kier alpha value is -0.770. The Labute approximate surface area is 126 Å². The molecule has 2 aliphatic heterocycles. The zero-order chi connectivity index (χ0) is 13.9. The molecule has 3 nitrogen and oxygen atoms in total. The van der Waals surface area contributed by atoms with Crippen molar-refractivity contribution in [2.75, 3.05) is 31.1 Å². The van der Waals surface area contributed by atoms with E-state index in [2.05, 4.69) is 21.9 Å². The van der Waals surface area contributed by atoms with Crippen molar-refractivity contribution in [3.05, 3.63) is 28.8 Å². The smallest absolute Gasteiger partial charge is 0.0564 e. The van der Waals surface area contributed by atoms with Gasteiger partial charge in [-0.2, -0.15) is 0 Å². The number of aliphatic hydroxyl groups excluding tert-OH is 1. The van der Waals surface area contributed by atoms with Crippen LogP contribution in [-0.2, 0) is 6.54 Å². The van der Waals surface area contributed by atoms with Gasteiger partial charge in [0.15, 0.2) is 0 Å². The number of hydrogen-bond acceptors (Lipinski definition) is 3. The van der Waals surface area contributed by atoms with Crippen molar-refractivity contribution in [3.8, 4) is 0 Å². The number of anilines is 1. The Balaban J connectivity index is 1.77. The van der Waals surface area contributed by atoms with Crippen molar-refractivity contribution in [1.29, 1.82) is 0 Å². The largest absolute Gasteiger partial charge is 0.393 e. The number of halogens is 1. The molecule has 2 aliphatic rings. The Morgan fingerprint density at radius 3 is 2.50 bits per heavy atom. The van der Waals surface area contributed by atoms with E-state index in [0.717, 1.165) is 50.6 Å². The molecule has 0 radical (unpaired) electrons. The van der Waals surface area contributed by atoms with Gasteiger partial charge in [-0.3, -0.25) is 4.90 Å². The monoisotopic (exact) mass is 294 g/mol. The first-order valence-electron chi connectivity index (χ1n) is 7.67. The maximum atomic E-state index is 9.61. The summed E-state index contributed by atoms with van der Waals surface area (Å²) >= 11 is 6.45. The predicted octanol–water partition coefficient (Wildman–Crippen LogP) is 2.90. The van der Waals surface area contributed by atoms with Gasteiger partial charge in [0.2, 0.25) is 0 Å². The van der Waals surface area contributed by atoms with E-state index in [1.807, 2.05) is 6.07 Å². The van der Waals surface area contributed by atoms with Crippen LogP contribution in [-0.4, -0.2) is 42.3 Å². The van der Waals surface area contributed by atoms with E-state index < -0.39 is 0 Å². The molecule has 2 fully saturated rings. The molecule has 20 heavy (non-hydrogen) atoms. The fourth-order valence-electron chi connectivity index (χ4n) is 3.26. The highest BCUT2D eigenvalue weighted by Gasteiger charge is 2.22. The first-order valence-corrected chi connectivity index (χ1v) is 8.04. The van der Waals surface area contributed by atoms with Crippen LogP contribution in [0.1, 0.15) is 31.2 Å². The predicted molar refractivity (Wildman–Crippen MR) is 83.4 cm³/mol. The lowest BCUT2D eigenvalue weighted by Crippen LogP contribution is -2.35. The number of aliphatic hydroxyl groups is 1. The van der Waals surface area contributed by atoms with Crippen LogP contribution in [0.25, 0.3) is 0 Å². The molecule has 0 aromatic heterocycles. The lowest BCUT2D eigenvalue weighted by molar-refractivity contribution is 0.0793. The number of nitrogens with zero attached hydrogens (tertiary/aromatic N) is 2. The molecule has 0 bridgehead atoms. The van der Waals surface area contributed by atoms with Crippen LogP contribution in [0, 0.1) is 0 Å². The van der Waals surface area contributed by atoms with Crippen LogP contribution < -0.4 is 4.90 Å². The maximum absolute atomic E-state index is 9.61. The van der Waals surface area contributed by atoms with Gasteiger partial charge >= 0.3 is 0 Å². The van der Waals surface area contributed by atoms with E-state index >= 15 is 0 Å². The first-order chi connectivity index (χ1) is 9.74. The van der Waals surface area contributed by atoms with Crippen LogP contribution in [0.5, 0.6) is 0 Å². The second-order valence-corrected chi connectivity index (χ2v) is 6.35. The van der Waals surface area contributed by atoms with Crippen molar-refractivity contribution in [2.24, 2.45) is 0 Å². The highest BCUT2D eigenvalue weighted by molar-refractivity contribution is 6.31.